The normalized spacial score (nSPS) is 23.1. The fourth-order valence-corrected chi connectivity index (χ4v) is 2.55. The van der Waals surface area contributed by atoms with E-state index in [0.717, 1.165) is 25.7 Å². The van der Waals surface area contributed by atoms with Crippen molar-refractivity contribution in [3.63, 3.8) is 0 Å². The smallest absolute Gasteiger partial charge is 0.224 e. The van der Waals surface area contributed by atoms with Crippen molar-refractivity contribution < 1.29 is 14.3 Å². The van der Waals surface area contributed by atoms with Crippen molar-refractivity contribution in [3.05, 3.63) is 35.6 Å². The van der Waals surface area contributed by atoms with Crippen molar-refractivity contribution in [2.24, 2.45) is 5.92 Å². The third kappa shape index (κ3) is 4.03. The first-order chi connectivity index (χ1) is 9.16. The second-order valence-corrected chi connectivity index (χ2v) is 5.18. The molecule has 104 valence electrons. The first-order valence-electron chi connectivity index (χ1n) is 6.85. The van der Waals surface area contributed by atoms with Crippen LogP contribution >= 0.6 is 0 Å². The Morgan fingerprint density at radius 1 is 1.32 bits per heavy atom. The van der Waals surface area contributed by atoms with Crippen LogP contribution in [-0.4, -0.2) is 23.7 Å². The summed E-state index contributed by atoms with van der Waals surface area (Å²) in [6.07, 6.45) is 3.65. The average Bonchev–Trinajstić information content (AvgIpc) is 2.40. The Hall–Kier alpha value is -1.42. The van der Waals surface area contributed by atoms with Gasteiger partial charge in [-0.2, -0.15) is 0 Å². The number of carbonyl (C=O) groups excluding carboxylic acids is 1. The number of hydrogen-bond donors (Lipinski definition) is 2. The van der Waals surface area contributed by atoms with Crippen molar-refractivity contribution in [1.82, 2.24) is 5.32 Å². The average molecular weight is 265 g/mol. The van der Waals surface area contributed by atoms with Crippen molar-refractivity contribution in [3.8, 4) is 0 Å². The van der Waals surface area contributed by atoms with Crippen LogP contribution in [0.4, 0.5) is 4.39 Å². The number of halogens is 1. The van der Waals surface area contributed by atoms with Crippen LogP contribution in [0.2, 0.25) is 0 Å². The topological polar surface area (TPSA) is 49.3 Å². The van der Waals surface area contributed by atoms with Gasteiger partial charge in [-0.15, -0.1) is 0 Å². The minimum atomic E-state index is -0.352. The maximum absolute atomic E-state index is 13.4. The number of nitrogens with one attached hydrogen (secondary N) is 1. The molecule has 4 heteroatoms. The minimum absolute atomic E-state index is 0.0511. The third-order valence-electron chi connectivity index (χ3n) is 3.74. The van der Waals surface area contributed by atoms with Gasteiger partial charge in [0.1, 0.15) is 5.82 Å². The molecule has 1 amide bonds. The summed E-state index contributed by atoms with van der Waals surface area (Å²) in [7, 11) is 0. The lowest BCUT2D eigenvalue weighted by atomic mass is 9.86. The Morgan fingerprint density at radius 2 is 2.05 bits per heavy atom. The maximum Gasteiger partial charge on any atom is 0.224 e. The van der Waals surface area contributed by atoms with Crippen LogP contribution in [0.1, 0.15) is 31.2 Å². The number of aliphatic hydroxyl groups excluding tert-OH is 1. The Morgan fingerprint density at radius 3 is 2.79 bits per heavy atom. The van der Waals surface area contributed by atoms with Gasteiger partial charge in [0, 0.05) is 12.5 Å². The highest BCUT2D eigenvalue weighted by Crippen LogP contribution is 2.23. The molecule has 1 aromatic rings. The predicted molar refractivity (Wildman–Crippen MR) is 71.1 cm³/mol. The molecule has 0 spiro atoms. The van der Waals surface area contributed by atoms with E-state index in [1.165, 1.54) is 6.07 Å². The van der Waals surface area contributed by atoms with Crippen molar-refractivity contribution in [2.75, 3.05) is 6.54 Å². The monoisotopic (exact) mass is 265 g/mol. The van der Waals surface area contributed by atoms with E-state index in [1.54, 1.807) is 18.2 Å². The molecule has 1 aliphatic rings. The largest absolute Gasteiger partial charge is 0.393 e. The Balaban J connectivity index is 1.80. The summed E-state index contributed by atoms with van der Waals surface area (Å²) in [4.78, 5) is 11.8. The minimum Gasteiger partial charge on any atom is -0.393 e. The van der Waals surface area contributed by atoms with Crippen molar-refractivity contribution >= 4 is 5.91 Å². The van der Waals surface area contributed by atoms with Crippen LogP contribution < -0.4 is 5.32 Å². The van der Waals surface area contributed by atoms with E-state index in [1.807, 2.05) is 0 Å². The highest BCUT2D eigenvalue weighted by atomic mass is 19.1. The van der Waals surface area contributed by atoms with E-state index in [-0.39, 0.29) is 30.2 Å². The van der Waals surface area contributed by atoms with E-state index < -0.39 is 0 Å². The molecule has 2 unspecified atom stereocenters. The Kier molecular flexibility index (Phi) is 4.91. The predicted octanol–water partition coefficient (Wildman–Crippen LogP) is 2.04. The van der Waals surface area contributed by atoms with Crippen LogP contribution in [0.15, 0.2) is 24.3 Å². The molecule has 0 heterocycles. The maximum atomic E-state index is 13.4. The Labute approximate surface area is 112 Å². The van der Waals surface area contributed by atoms with Gasteiger partial charge >= 0.3 is 0 Å². The molecule has 2 atom stereocenters. The fourth-order valence-electron chi connectivity index (χ4n) is 2.55. The first kappa shape index (κ1) is 14.0. The van der Waals surface area contributed by atoms with E-state index in [2.05, 4.69) is 5.32 Å². The highest BCUT2D eigenvalue weighted by Gasteiger charge is 2.23. The highest BCUT2D eigenvalue weighted by molar-refractivity contribution is 5.78. The van der Waals surface area contributed by atoms with Gasteiger partial charge in [-0.05, 0) is 24.5 Å². The zero-order valence-corrected chi connectivity index (χ0v) is 10.9. The summed E-state index contributed by atoms with van der Waals surface area (Å²) in [5.74, 6) is -0.406. The summed E-state index contributed by atoms with van der Waals surface area (Å²) in [5.41, 5.74) is 0.407. The lowest BCUT2D eigenvalue weighted by molar-refractivity contribution is -0.120. The number of benzene rings is 1. The molecular formula is C15H20FNO2. The molecule has 0 radical (unpaired) electrons. The molecule has 1 aromatic carbocycles. The van der Waals surface area contributed by atoms with E-state index >= 15 is 0 Å². The van der Waals surface area contributed by atoms with Gasteiger partial charge in [0.15, 0.2) is 0 Å². The molecule has 2 rings (SSSR count). The van der Waals surface area contributed by atoms with Gasteiger partial charge in [0.25, 0.3) is 0 Å². The standard InChI is InChI=1S/C15H20FNO2/c16-13-7-3-1-5-11(13)9-15(19)17-10-12-6-2-4-8-14(12)18/h1,3,5,7,12,14,18H,2,4,6,8-10H2,(H,17,19). The van der Waals surface area contributed by atoms with Crippen molar-refractivity contribution in [2.45, 2.75) is 38.2 Å². The van der Waals surface area contributed by atoms with Gasteiger partial charge in [-0.25, -0.2) is 4.39 Å². The molecule has 1 aliphatic carbocycles. The van der Waals surface area contributed by atoms with E-state index in [9.17, 15) is 14.3 Å². The molecule has 0 bridgehead atoms. The number of aliphatic hydroxyl groups is 1. The number of carbonyl (C=O) groups is 1. The van der Waals surface area contributed by atoms with Crippen LogP contribution in [0.25, 0.3) is 0 Å². The number of hydrogen-bond acceptors (Lipinski definition) is 2. The summed E-state index contributed by atoms with van der Waals surface area (Å²) in [6, 6.07) is 6.30. The lowest BCUT2D eigenvalue weighted by Gasteiger charge is -2.27. The second kappa shape index (κ2) is 6.66. The van der Waals surface area contributed by atoms with E-state index in [0.29, 0.717) is 12.1 Å². The molecule has 2 N–H and O–H groups in total. The first-order valence-corrected chi connectivity index (χ1v) is 6.85. The summed E-state index contributed by atoms with van der Waals surface area (Å²) >= 11 is 0. The summed E-state index contributed by atoms with van der Waals surface area (Å²) < 4.78 is 13.4. The van der Waals surface area contributed by atoms with Gasteiger partial charge in [-0.3, -0.25) is 4.79 Å². The van der Waals surface area contributed by atoms with Crippen LogP contribution in [0.3, 0.4) is 0 Å². The van der Waals surface area contributed by atoms with E-state index in [4.69, 9.17) is 0 Å². The lowest BCUT2D eigenvalue weighted by Crippen LogP contribution is -2.37. The van der Waals surface area contributed by atoms with Crippen LogP contribution in [0, 0.1) is 11.7 Å². The molecule has 0 saturated heterocycles. The molecule has 0 aromatic heterocycles. The quantitative estimate of drug-likeness (QED) is 0.875. The van der Waals surface area contributed by atoms with Gasteiger partial charge < -0.3 is 10.4 Å². The molecule has 3 nitrogen and oxygen atoms in total. The molecule has 19 heavy (non-hydrogen) atoms. The van der Waals surface area contributed by atoms with Gasteiger partial charge in [0.05, 0.1) is 12.5 Å². The Bertz CT molecular complexity index is 436. The number of amides is 1. The fraction of sp³-hybridized carbons (Fsp3) is 0.533. The summed E-state index contributed by atoms with van der Waals surface area (Å²) in [6.45, 7) is 0.481. The number of rotatable bonds is 4. The molecule has 1 fully saturated rings. The second-order valence-electron chi connectivity index (χ2n) is 5.18. The molecule has 0 aliphatic heterocycles. The SMILES string of the molecule is O=C(Cc1ccccc1F)NCC1CCCCC1O. The van der Waals surface area contributed by atoms with Crippen molar-refractivity contribution in [1.29, 1.82) is 0 Å². The van der Waals surface area contributed by atoms with Gasteiger partial charge in [0.2, 0.25) is 5.91 Å². The zero-order chi connectivity index (χ0) is 13.7. The van der Waals surface area contributed by atoms with Crippen LogP contribution in [0.5, 0.6) is 0 Å². The molecule has 1 saturated carbocycles. The molecular weight excluding hydrogens is 245 g/mol. The summed E-state index contributed by atoms with van der Waals surface area (Å²) in [5, 5.41) is 12.6. The van der Waals surface area contributed by atoms with Gasteiger partial charge in [-0.1, -0.05) is 31.0 Å². The third-order valence-corrected chi connectivity index (χ3v) is 3.74. The van der Waals surface area contributed by atoms with Crippen LogP contribution in [-0.2, 0) is 11.2 Å². The zero-order valence-electron chi connectivity index (χ0n) is 10.9.